The molecule has 4 aliphatic rings. The Kier molecular flexibility index (Phi) is 4.92. The molecule has 2 N–H and O–H groups in total. The van der Waals surface area contributed by atoms with Crippen LogP contribution in [0, 0.1) is 34.5 Å². The van der Waals surface area contributed by atoms with Gasteiger partial charge in [-0.1, -0.05) is 25.6 Å². The number of aromatic nitrogens is 2. The molecule has 0 aromatic carbocycles. The molecule has 5 rings (SSSR count). The second-order valence-electron chi connectivity index (χ2n) is 11.2. The minimum Gasteiger partial charge on any atom is -0.393 e. The molecule has 4 aliphatic carbocycles. The first-order valence-corrected chi connectivity index (χ1v) is 12.8. The van der Waals surface area contributed by atoms with Crippen LogP contribution in [0.4, 0.5) is 0 Å². The molecule has 0 bridgehead atoms. The van der Waals surface area contributed by atoms with E-state index in [-0.39, 0.29) is 11.5 Å². The number of hydrogen-bond acceptors (Lipinski definition) is 4. The standard InChI is InChI=1S/C24H38N2O2S/c1-22-9-6-17(27)14-16(22)4-5-18-19(22)7-10-23(2)20(18)8-11-24(23,28)15-29-21-25-12-13-26(21)3/h12-13,16-20,27-28H,4-11,14-15H2,1-3H3. The lowest BCUT2D eigenvalue weighted by Gasteiger charge is -2.61. The van der Waals surface area contributed by atoms with Crippen LogP contribution in [0.15, 0.2) is 17.6 Å². The summed E-state index contributed by atoms with van der Waals surface area (Å²) in [6.07, 6.45) is 14.1. The molecule has 0 amide bonds. The summed E-state index contributed by atoms with van der Waals surface area (Å²) in [7, 11) is 2.03. The summed E-state index contributed by atoms with van der Waals surface area (Å²) < 4.78 is 2.05. The lowest BCUT2D eigenvalue weighted by molar-refractivity contribution is -0.152. The van der Waals surface area contributed by atoms with Crippen molar-refractivity contribution in [1.29, 1.82) is 0 Å². The van der Waals surface area contributed by atoms with Crippen molar-refractivity contribution in [3.8, 4) is 0 Å². The number of nitrogens with zero attached hydrogens (tertiary/aromatic N) is 2. The summed E-state index contributed by atoms with van der Waals surface area (Å²) in [5.41, 5.74) is -0.143. The fraction of sp³-hybridized carbons (Fsp3) is 0.875. The van der Waals surface area contributed by atoms with Gasteiger partial charge in [0.05, 0.1) is 11.7 Å². The normalized spacial score (nSPS) is 49.3. The largest absolute Gasteiger partial charge is 0.393 e. The van der Waals surface area contributed by atoms with Crippen LogP contribution in [-0.2, 0) is 7.05 Å². The van der Waals surface area contributed by atoms with Gasteiger partial charge in [-0.3, -0.25) is 0 Å². The molecule has 0 spiro atoms. The van der Waals surface area contributed by atoms with Crippen LogP contribution in [0.2, 0.25) is 0 Å². The highest BCUT2D eigenvalue weighted by Gasteiger charge is 2.64. The van der Waals surface area contributed by atoms with Crippen molar-refractivity contribution in [2.24, 2.45) is 41.5 Å². The Morgan fingerprint density at radius 2 is 1.90 bits per heavy atom. The van der Waals surface area contributed by atoms with E-state index >= 15 is 0 Å². The van der Waals surface area contributed by atoms with Gasteiger partial charge in [-0.25, -0.2) is 4.98 Å². The summed E-state index contributed by atoms with van der Waals surface area (Å²) in [6.45, 7) is 4.94. The number of hydrogen-bond donors (Lipinski definition) is 2. The van der Waals surface area contributed by atoms with E-state index < -0.39 is 5.60 Å². The van der Waals surface area contributed by atoms with Crippen LogP contribution >= 0.6 is 11.8 Å². The van der Waals surface area contributed by atoms with E-state index in [1.807, 2.05) is 19.4 Å². The third-order valence-electron chi connectivity index (χ3n) is 10.2. The quantitative estimate of drug-likeness (QED) is 0.702. The van der Waals surface area contributed by atoms with Crippen LogP contribution < -0.4 is 0 Å². The molecular weight excluding hydrogens is 380 g/mol. The summed E-state index contributed by atoms with van der Waals surface area (Å²) in [4.78, 5) is 4.45. The van der Waals surface area contributed by atoms with Gasteiger partial charge >= 0.3 is 0 Å². The summed E-state index contributed by atoms with van der Waals surface area (Å²) in [6, 6.07) is 0. The van der Waals surface area contributed by atoms with E-state index in [0.29, 0.717) is 17.3 Å². The van der Waals surface area contributed by atoms with Crippen molar-refractivity contribution >= 4 is 11.8 Å². The molecule has 8 unspecified atom stereocenters. The molecule has 1 heterocycles. The number of fused-ring (bicyclic) bond motifs is 5. The summed E-state index contributed by atoms with van der Waals surface area (Å²) in [5, 5.41) is 23.1. The fourth-order valence-corrected chi connectivity index (χ4v) is 9.50. The fourth-order valence-electron chi connectivity index (χ4n) is 8.26. The topological polar surface area (TPSA) is 58.3 Å². The van der Waals surface area contributed by atoms with Crippen LogP contribution in [-0.4, -0.2) is 37.2 Å². The van der Waals surface area contributed by atoms with Crippen molar-refractivity contribution in [1.82, 2.24) is 9.55 Å². The van der Waals surface area contributed by atoms with Gasteiger partial charge in [0, 0.05) is 30.6 Å². The first-order chi connectivity index (χ1) is 13.8. The van der Waals surface area contributed by atoms with Crippen molar-refractivity contribution < 1.29 is 10.2 Å². The van der Waals surface area contributed by atoms with E-state index in [0.717, 1.165) is 48.4 Å². The van der Waals surface area contributed by atoms with Gasteiger partial charge in [0.25, 0.3) is 0 Å². The number of aryl methyl sites for hydroxylation is 1. The highest BCUT2D eigenvalue weighted by atomic mass is 32.2. The lowest BCUT2D eigenvalue weighted by atomic mass is 9.44. The van der Waals surface area contributed by atoms with Crippen LogP contribution in [0.3, 0.4) is 0 Å². The Balaban J connectivity index is 1.36. The predicted octanol–water partition coefficient (Wildman–Crippen LogP) is 4.65. The third-order valence-corrected chi connectivity index (χ3v) is 11.5. The highest BCUT2D eigenvalue weighted by molar-refractivity contribution is 7.99. The second-order valence-corrected chi connectivity index (χ2v) is 12.2. The molecule has 4 saturated carbocycles. The molecule has 1 aromatic heterocycles. The minimum atomic E-state index is -0.584. The second kappa shape index (κ2) is 7.00. The molecule has 0 saturated heterocycles. The van der Waals surface area contributed by atoms with Gasteiger partial charge in [0.2, 0.25) is 0 Å². The Morgan fingerprint density at radius 1 is 1.10 bits per heavy atom. The smallest absolute Gasteiger partial charge is 0.167 e. The van der Waals surface area contributed by atoms with Crippen LogP contribution in [0.25, 0.3) is 0 Å². The van der Waals surface area contributed by atoms with Crippen molar-refractivity contribution in [2.45, 2.75) is 88.5 Å². The first-order valence-electron chi connectivity index (χ1n) is 11.8. The predicted molar refractivity (Wildman–Crippen MR) is 117 cm³/mol. The van der Waals surface area contributed by atoms with E-state index in [2.05, 4.69) is 23.4 Å². The van der Waals surface area contributed by atoms with Crippen molar-refractivity contribution in [3.63, 3.8) is 0 Å². The van der Waals surface area contributed by atoms with Gasteiger partial charge in [0.15, 0.2) is 5.16 Å². The molecule has 4 nitrogen and oxygen atoms in total. The maximum Gasteiger partial charge on any atom is 0.167 e. The molecular formula is C24H38N2O2S. The van der Waals surface area contributed by atoms with E-state index in [1.165, 1.54) is 32.1 Å². The molecule has 5 heteroatoms. The average Bonchev–Trinajstić information content (AvgIpc) is 3.22. The molecule has 8 atom stereocenters. The van der Waals surface area contributed by atoms with Crippen LogP contribution in [0.5, 0.6) is 0 Å². The Labute approximate surface area is 179 Å². The van der Waals surface area contributed by atoms with Gasteiger partial charge in [0.1, 0.15) is 0 Å². The van der Waals surface area contributed by atoms with Crippen LogP contribution in [0.1, 0.15) is 71.6 Å². The van der Waals surface area contributed by atoms with Crippen molar-refractivity contribution in [3.05, 3.63) is 12.4 Å². The zero-order valence-corrected chi connectivity index (χ0v) is 19.1. The Morgan fingerprint density at radius 3 is 2.66 bits per heavy atom. The number of aliphatic hydroxyl groups excluding tert-OH is 1. The molecule has 29 heavy (non-hydrogen) atoms. The van der Waals surface area contributed by atoms with E-state index in [4.69, 9.17) is 0 Å². The summed E-state index contributed by atoms with van der Waals surface area (Å²) in [5.74, 6) is 3.66. The highest BCUT2D eigenvalue weighted by Crippen LogP contribution is 2.68. The lowest BCUT2D eigenvalue weighted by Crippen LogP contribution is -2.57. The van der Waals surface area contributed by atoms with Gasteiger partial charge in [-0.2, -0.15) is 0 Å². The first kappa shape index (κ1) is 20.4. The number of thioether (sulfide) groups is 1. The third kappa shape index (κ3) is 2.97. The molecule has 162 valence electrons. The Bertz CT molecular complexity index is 768. The molecule has 1 aromatic rings. The van der Waals surface area contributed by atoms with E-state index in [1.54, 1.807) is 11.8 Å². The molecule has 4 fully saturated rings. The maximum atomic E-state index is 11.9. The Hall–Kier alpha value is -0.520. The SMILES string of the molecule is Cn1ccnc1SCC1(O)CCC2C3CCC4CC(O)CCC4(C)C3CCC21C. The monoisotopic (exact) mass is 418 g/mol. The van der Waals surface area contributed by atoms with Gasteiger partial charge < -0.3 is 14.8 Å². The number of imidazole rings is 1. The summed E-state index contributed by atoms with van der Waals surface area (Å²) >= 11 is 1.73. The number of rotatable bonds is 3. The average molecular weight is 419 g/mol. The minimum absolute atomic E-state index is 0.0315. The zero-order chi connectivity index (χ0) is 20.4. The maximum absolute atomic E-state index is 11.9. The van der Waals surface area contributed by atoms with Gasteiger partial charge in [-0.15, -0.1) is 0 Å². The van der Waals surface area contributed by atoms with Gasteiger partial charge in [-0.05, 0) is 86.9 Å². The number of aliphatic hydroxyl groups is 2. The van der Waals surface area contributed by atoms with E-state index in [9.17, 15) is 10.2 Å². The van der Waals surface area contributed by atoms with Crippen molar-refractivity contribution in [2.75, 3.05) is 5.75 Å². The molecule has 0 aliphatic heterocycles. The zero-order valence-electron chi connectivity index (χ0n) is 18.3. The molecule has 0 radical (unpaired) electrons.